The summed E-state index contributed by atoms with van der Waals surface area (Å²) in [5, 5.41) is 22.6. The van der Waals surface area contributed by atoms with Crippen LogP contribution in [0.3, 0.4) is 0 Å². The highest BCUT2D eigenvalue weighted by molar-refractivity contribution is 5.94. The van der Waals surface area contributed by atoms with Crippen molar-refractivity contribution in [3.63, 3.8) is 0 Å². The van der Waals surface area contributed by atoms with Crippen molar-refractivity contribution >= 4 is 17.7 Å². The smallest absolute Gasteiger partial charge is 0.336 e. The maximum Gasteiger partial charge on any atom is 0.336 e. The Labute approximate surface area is 97.7 Å². The molecule has 1 aromatic rings. The number of nitrogens with zero attached hydrogens (tertiary/aromatic N) is 1. The lowest BCUT2D eigenvalue weighted by Crippen LogP contribution is -2.05. The number of hydrogen-bond acceptors (Lipinski definition) is 4. The summed E-state index contributed by atoms with van der Waals surface area (Å²) in [6, 6.07) is 3.98. The van der Waals surface area contributed by atoms with Gasteiger partial charge in [-0.2, -0.15) is 0 Å². The molecule has 0 aliphatic heterocycles. The molecule has 17 heavy (non-hydrogen) atoms. The van der Waals surface area contributed by atoms with Crippen molar-refractivity contribution in [2.24, 2.45) is 0 Å². The molecule has 0 bridgehead atoms. The van der Waals surface area contributed by atoms with Crippen LogP contribution in [-0.4, -0.2) is 29.6 Å². The summed E-state index contributed by atoms with van der Waals surface area (Å²) < 4.78 is 0. The van der Waals surface area contributed by atoms with E-state index in [1.807, 2.05) is 0 Å². The zero-order valence-electron chi connectivity index (χ0n) is 9.21. The Morgan fingerprint density at radius 1 is 1.59 bits per heavy atom. The van der Waals surface area contributed by atoms with Gasteiger partial charge in [-0.3, -0.25) is 10.1 Å². The average molecular weight is 236 g/mol. The van der Waals surface area contributed by atoms with E-state index in [9.17, 15) is 14.9 Å². The number of nitro benzene ring substituents is 1. The minimum Gasteiger partial charge on any atom is -0.478 e. The summed E-state index contributed by atoms with van der Waals surface area (Å²) >= 11 is 0. The second-order valence-electron chi connectivity index (χ2n) is 3.26. The predicted molar refractivity (Wildman–Crippen MR) is 63.0 cm³/mol. The molecule has 1 aromatic carbocycles. The van der Waals surface area contributed by atoms with E-state index in [-0.39, 0.29) is 16.8 Å². The molecule has 0 fully saturated rings. The Hall–Kier alpha value is -2.21. The predicted octanol–water partition coefficient (Wildman–Crippen LogP) is 1.53. The Bertz CT molecular complexity index is 436. The van der Waals surface area contributed by atoms with Crippen LogP contribution in [0.25, 0.3) is 6.08 Å². The first-order valence-corrected chi connectivity index (χ1v) is 4.89. The van der Waals surface area contributed by atoms with Crippen LogP contribution in [-0.2, 0) is 0 Å². The third-order valence-corrected chi connectivity index (χ3v) is 2.12. The van der Waals surface area contributed by atoms with Crippen molar-refractivity contribution in [2.45, 2.75) is 0 Å². The number of aromatic carboxylic acids is 1. The number of benzene rings is 1. The molecule has 1 rings (SSSR count). The maximum absolute atomic E-state index is 11.0. The Morgan fingerprint density at radius 3 is 2.82 bits per heavy atom. The average Bonchev–Trinajstić information content (AvgIpc) is 2.28. The first-order chi connectivity index (χ1) is 8.07. The van der Waals surface area contributed by atoms with Crippen LogP contribution in [0, 0.1) is 10.1 Å². The number of carboxylic acid groups (broad SMARTS) is 1. The van der Waals surface area contributed by atoms with Gasteiger partial charge in [0.15, 0.2) is 0 Å². The molecule has 90 valence electrons. The third kappa shape index (κ3) is 3.12. The zero-order valence-corrected chi connectivity index (χ0v) is 9.21. The molecule has 6 nitrogen and oxygen atoms in total. The minimum absolute atomic E-state index is 0.0773. The maximum atomic E-state index is 11.0. The van der Waals surface area contributed by atoms with Gasteiger partial charge in [0.2, 0.25) is 0 Å². The van der Waals surface area contributed by atoms with E-state index in [1.54, 1.807) is 13.1 Å². The molecule has 2 N–H and O–H groups in total. The molecular formula is C11H12N2O4. The quantitative estimate of drug-likeness (QED) is 0.597. The second kappa shape index (κ2) is 5.76. The fourth-order valence-electron chi connectivity index (χ4n) is 1.37. The zero-order chi connectivity index (χ0) is 12.8. The summed E-state index contributed by atoms with van der Waals surface area (Å²) in [6.45, 7) is 0.505. The number of rotatable bonds is 5. The second-order valence-corrected chi connectivity index (χ2v) is 3.26. The lowest BCUT2D eigenvalue weighted by atomic mass is 10.0. The van der Waals surface area contributed by atoms with Gasteiger partial charge < -0.3 is 10.4 Å². The van der Waals surface area contributed by atoms with E-state index in [0.717, 1.165) is 0 Å². The van der Waals surface area contributed by atoms with Crippen molar-refractivity contribution in [3.05, 3.63) is 45.5 Å². The third-order valence-electron chi connectivity index (χ3n) is 2.12. The molecule has 0 aliphatic rings. The number of hydrogen-bond donors (Lipinski definition) is 2. The number of carboxylic acids is 1. The summed E-state index contributed by atoms with van der Waals surface area (Å²) in [5.74, 6) is -1.18. The van der Waals surface area contributed by atoms with Crippen molar-refractivity contribution < 1.29 is 14.8 Å². The van der Waals surface area contributed by atoms with E-state index in [4.69, 9.17) is 5.11 Å². The standard InChI is InChI=1S/C11H12N2O4/c1-12-7-3-5-8-9(11(14)15)4-2-6-10(8)13(16)17/h2-6,12H,7H2,1H3,(H,14,15). The van der Waals surface area contributed by atoms with Crippen LogP contribution in [0.1, 0.15) is 15.9 Å². The normalized spacial score (nSPS) is 10.6. The summed E-state index contributed by atoms with van der Waals surface area (Å²) in [6.07, 6.45) is 3.08. The van der Waals surface area contributed by atoms with Gasteiger partial charge in [-0.05, 0) is 19.2 Å². The monoisotopic (exact) mass is 236 g/mol. The van der Waals surface area contributed by atoms with Gasteiger partial charge in [0, 0.05) is 12.6 Å². The lowest BCUT2D eigenvalue weighted by Gasteiger charge is -2.02. The van der Waals surface area contributed by atoms with Gasteiger partial charge in [0.05, 0.1) is 16.1 Å². The van der Waals surface area contributed by atoms with Gasteiger partial charge in [-0.15, -0.1) is 0 Å². The van der Waals surface area contributed by atoms with Crippen LogP contribution >= 0.6 is 0 Å². The van der Waals surface area contributed by atoms with Crippen molar-refractivity contribution in [2.75, 3.05) is 13.6 Å². The van der Waals surface area contributed by atoms with Crippen LogP contribution in [0.4, 0.5) is 5.69 Å². The highest BCUT2D eigenvalue weighted by Gasteiger charge is 2.18. The molecule has 0 radical (unpaired) electrons. The highest BCUT2D eigenvalue weighted by Crippen LogP contribution is 2.23. The molecule has 0 spiro atoms. The fourth-order valence-corrected chi connectivity index (χ4v) is 1.37. The van der Waals surface area contributed by atoms with Crippen molar-refractivity contribution in [1.29, 1.82) is 0 Å². The molecule has 0 heterocycles. The highest BCUT2D eigenvalue weighted by atomic mass is 16.6. The van der Waals surface area contributed by atoms with Gasteiger partial charge in [0.25, 0.3) is 5.69 Å². The van der Waals surface area contributed by atoms with Gasteiger partial charge >= 0.3 is 5.97 Å². The topological polar surface area (TPSA) is 92.5 Å². The number of nitrogens with one attached hydrogen (secondary N) is 1. The van der Waals surface area contributed by atoms with E-state index in [2.05, 4.69) is 5.32 Å². The van der Waals surface area contributed by atoms with E-state index in [0.29, 0.717) is 6.54 Å². The lowest BCUT2D eigenvalue weighted by molar-refractivity contribution is -0.385. The molecule has 0 unspecified atom stereocenters. The van der Waals surface area contributed by atoms with Crippen LogP contribution in [0.2, 0.25) is 0 Å². The first-order valence-electron chi connectivity index (χ1n) is 4.89. The first kappa shape index (κ1) is 12.9. The minimum atomic E-state index is -1.18. The molecule has 0 saturated carbocycles. The molecule has 0 atom stereocenters. The van der Waals surface area contributed by atoms with E-state index >= 15 is 0 Å². The van der Waals surface area contributed by atoms with E-state index < -0.39 is 10.9 Å². The molecular weight excluding hydrogens is 224 g/mol. The molecule has 0 amide bonds. The number of nitro groups is 1. The Kier molecular flexibility index (Phi) is 4.36. The van der Waals surface area contributed by atoms with Crippen molar-refractivity contribution in [1.82, 2.24) is 5.32 Å². The Morgan fingerprint density at radius 2 is 2.29 bits per heavy atom. The SMILES string of the molecule is CNCC=Cc1c(C(=O)O)cccc1[N+](=O)[O-]. The molecule has 0 aromatic heterocycles. The van der Waals surface area contributed by atoms with Crippen LogP contribution in [0.15, 0.2) is 24.3 Å². The fraction of sp³-hybridized carbons (Fsp3) is 0.182. The van der Waals surface area contributed by atoms with E-state index in [1.165, 1.54) is 24.3 Å². The van der Waals surface area contributed by atoms with Gasteiger partial charge in [-0.25, -0.2) is 4.79 Å². The van der Waals surface area contributed by atoms with Crippen LogP contribution in [0.5, 0.6) is 0 Å². The summed E-state index contributed by atoms with van der Waals surface area (Å²) in [4.78, 5) is 21.2. The van der Waals surface area contributed by atoms with Crippen LogP contribution < -0.4 is 5.32 Å². The van der Waals surface area contributed by atoms with Gasteiger partial charge in [-0.1, -0.05) is 12.1 Å². The largest absolute Gasteiger partial charge is 0.478 e. The number of carbonyl (C=O) groups is 1. The molecule has 0 saturated heterocycles. The van der Waals surface area contributed by atoms with Crippen molar-refractivity contribution in [3.8, 4) is 0 Å². The molecule has 6 heteroatoms. The molecule has 0 aliphatic carbocycles. The number of likely N-dealkylation sites (N-methyl/N-ethyl adjacent to an activating group) is 1. The Balaban J connectivity index is 3.28. The summed E-state index contributed by atoms with van der Waals surface area (Å²) in [5.41, 5.74) is -0.177. The summed E-state index contributed by atoms with van der Waals surface area (Å²) in [7, 11) is 1.72. The van der Waals surface area contributed by atoms with Gasteiger partial charge in [0.1, 0.15) is 0 Å².